The van der Waals surface area contributed by atoms with Crippen molar-refractivity contribution < 1.29 is 24.1 Å². The van der Waals surface area contributed by atoms with Crippen LogP contribution >= 0.6 is 0 Å². The molecule has 0 bridgehead atoms. The quantitative estimate of drug-likeness (QED) is 0.215. The van der Waals surface area contributed by atoms with Crippen molar-refractivity contribution in [3.8, 4) is 0 Å². The molecule has 0 aliphatic heterocycles. The summed E-state index contributed by atoms with van der Waals surface area (Å²) < 4.78 is 0. The number of ketones is 1. The second-order valence-electron chi connectivity index (χ2n) is 5.94. The van der Waals surface area contributed by atoms with Gasteiger partial charge in [0.2, 0.25) is 0 Å². The number of hydrogen-bond acceptors (Lipinski definition) is 7. The van der Waals surface area contributed by atoms with Crippen LogP contribution in [-0.4, -0.2) is 43.5 Å². The van der Waals surface area contributed by atoms with E-state index in [2.05, 4.69) is 10.3 Å². The van der Waals surface area contributed by atoms with Crippen LogP contribution in [0.2, 0.25) is 0 Å². The first-order valence-corrected chi connectivity index (χ1v) is 9.01. The summed E-state index contributed by atoms with van der Waals surface area (Å²) in [6.45, 7) is 4.41. The van der Waals surface area contributed by atoms with Crippen LogP contribution in [0.15, 0.2) is 28.5 Å². The van der Waals surface area contributed by atoms with Gasteiger partial charge < -0.3 is 9.68 Å². The summed E-state index contributed by atoms with van der Waals surface area (Å²) in [6.07, 6.45) is 6.91. The fraction of sp³-hybridized carbons (Fsp3) is 0.450. The van der Waals surface area contributed by atoms with Gasteiger partial charge in [-0.05, 0) is 56.4 Å². The number of nitrogens with zero attached hydrogens (tertiary/aromatic N) is 2. The molecule has 0 aliphatic carbocycles. The number of aldehydes is 2. The molecule has 0 N–H and O–H groups in total. The maximum atomic E-state index is 11.3. The van der Waals surface area contributed by atoms with Crippen molar-refractivity contribution in [2.24, 2.45) is 10.3 Å². The van der Waals surface area contributed by atoms with E-state index in [0.29, 0.717) is 54.6 Å². The van der Waals surface area contributed by atoms with E-state index in [0.717, 1.165) is 25.7 Å². The minimum absolute atomic E-state index is 0.00651. The van der Waals surface area contributed by atoms with Crippen LogP contribution in [0, 0.1) is 0 Å². The normalized spacial score (nSPS) is 11.4. The second kappa shape index (κ2) is 13.4. The van der Waals surface area contributed by atoms with Crippen molar-refractivity contribution in [3.63, 3.8) is 0 Å². The van der Waals surface area contributed by atoms with Crippen LogP contribution in [0.3, 0.4) is 0 Å². The number of carbonyl (C=O) groups is 3. The van der Waals surface area contributed by atoms with E-state index in [-0.39, 0.29) is 5.78 Å². The predicted octanol–water partition coefficient (Wildman–Crippen LogP) is 3.59. The molecule has 7 nitrogen and oxygen atoms in total. The first-order valence-electron chi connectivity index (χ1n) is 9.01. The zero-order valence-corrected chi connectivity index (χ0v) is 15.8. The summed E-state index contributed by atoms with van der Waals surface area (Å²) in [5, 5.41) is 7.64. The molecule has 0 fully saturated rings. The topological polar surface area (TPSA) is 94.4 Å². The van der Waals surface area contributed by atoms with Gasteiger partial charge in [0, 0.05) is 17.5 Å². The monoisotopic (exact) mass is 374 g/mol. The van der Waals surface area contributed by atoms with Gasteiger partial charge in [-0.25, -0.2) is 0 Å². The van der Waals surface area contributed by atoms with Crippen molar-refractivity contribution in [1.82, 2.24) is 0 Å². The molecule has 0 unspecified atom stereocenters. The molecular formula is C20H26N2O5. The zero-order chi connectivity index (χ0) is 19.9. The molecule has 0 saturated carbocycles. The summed E-state index contributed by atoms with van der Waals surface area (Å²) in [5.74, 6) is -0.00651. The number of benzene rings is 1. The molecule has 0 heterocycles. The minimum Gasteiger partial charge on any atom is -0.396 e. The molecule has 0 saturated heterocycles. The SMILES string of the molecule is CCC(=O)C(C)=NOCCCCCCON=Cc1cc(C=O)cc(C=O)c1. The first kappa shape index (κ1) is 22.2. The van der Waals surface area contributed by atoms with Crippen LogP contribution in [0.1, 0.15) is 72.2 Å². The highest BCUT2D eigenvalue weighted by Gasteiger charge is 2.02. The lowest BCUT2D eigenvalue weighted by atomic mass is 10.1. The average Bonchev–Trinajstić information content (AvgIpc) is 2.70. The Morgan fingerprint density at radius 2 is 1.48 bits per heavy atom. The number of rotatable bonds is 14. The molecule has 27 heavy (non-hydrogen) atoms. The van der Waals surface area contributed by atoms with Crippen LogP contribution in [0.4, 0.5) is 0 Å². The Morgan fingerprint density at radius 1 is 0.926 bits per heavy atom. The highest BCUT2D eigenvalue weighted by molar-refractivity contribution is 6.38. The maximum Gasteiger partial charge on any atom is 0.179 e. The molecule has 7 heteroatoms. The third kappa shape index (κ3) is 9.44. The molecule has 0 spiro atoms. The van der Waals surface area contributed by atoms with E-state index in [4.69, 9.17) is 9.68 Å². The van der Waals surface area contributed by atoms with Gasteiger partial charge in [-0.1, -0.05) is 17.2 Å². The summed E-state index contributed by atoms with van der Waals surface area (Å²) in [6, 6.07) is 4.77. The molecule has 1 rings (SSSR count). The minimum atomic E-state index is -0.00651. The van der Waals surface area contributed by atoms with Crippen LogP contribution in [0.25, 0.3) is 0 Å². The molecule has 146 valence electrons. The number of unbranched alkanes of at least 4 members (excludes halogenated alkanes) is 3. The smallest absolute Gasteiger partial charge is 0.179 e. The fourth-order valence-corrected chi connectivity index (χ4v) is 2.20. The maximum absolute atomic E-state index is 11.3. The summed E-state index contributed by atoms with van der Waals surface area (Å²) in [4.78, 5) is 43.2. The molecule has 0 radical (unpaired) electrons. The zero-order valence-electron chi connectivity index (χ0n) is 15.8. The summed E-state index contributed by atoms with van der Waals surface area (Å²) >= 11 is 0. The van der Waals surface area contributed by atoms with Gasteiger partial charge in [0.05, 0.1) is 6.21 Å². The van der Waals surface area contributed by atoms with Gasteiger partial charge >= 0.3 is 0 Å². The van der Waals surface area contributed by atoms with Crippen molar-refractivity contribution >= 4 is 30.3 Å². The Balaban J connectivity index is 2.14. The van der Waals surface area contributed by atoms with E-state index >= 15 is 0 Å². The number of oxime groups is 2. The Kier molecular flexibility index (Phi) is 11.0. The predicted molar refractivity (Wildman–Crippen MR) is 104 cm³/mol. The highest BCUT2D eigenvalue weighted by atomic mass is 16.6. The van der Waals surface area contributed by atoms with Gasteiger partial charge in [-0.3, -0.25) is 14.4 Å². The molecule has 0 atom stereocenters. The fourth-order valence-electron chi connectivity index (χ4n) is 2.20. The van der Waals surface area contributed by atoms with E-state index in [1.165, 1.54) is 12.3 Å². The Bertz CT molecular complexity index is 657. The van der Waals surface area contributed by atoms with Gasteiger partial charge in [0.1, 0.15) is 31.5 Å². The van der Waals surface area contributed by atoms with Gasteiger partial charge in [-0.15, -0.1) is 0 Å². The molecule has 0 aromatic heterocycles. The van der Waals surface area contributed by atoms with Gasteiger partial charge in [-0.2, -0.15) is 0 Å². The Hall–Kier alpha value is -2.83. The average molecular weight is 374 g/mol. The summed E-state index contributed by atoms with van der Waals surface area (Å²) in [5.41, 5.74) is 1.88. The number of Topliss-reactive ketones (excluding diaryl/α,β-unsaturated/α-hetero) is 1. The third-order valence-electron chi connectivity index (χ3n) is 3.70. The van der Waals surface area contributed by atoms with E-state index in [1.54, 1.807) is 26.0 Å². The first-order chi connectivity index (χ1) is 13.1. The van der Waals surface area contributed by atoms with Gasteiger partial charge in [0.15, 0.2) is 5.78 Å². The number of hydrogen-bond donors (Lipinski definition) is 0. The van der Waals surface area contributed by atoms with Crippen molar-refractivity contribution in [3.05, 3.63) is 34.9 Å². The molecule has 0 aliphatic rings. The largest absolute Gasteiger partial charge is 0.396 e. The van der Waals surface area contributed by atoms with Crippen LogP contribution in [-0.2, 0) is 14.5 Å². The standard InChI is InChI=1S/C20H26N2O5/c1-3-20(25)16(2)22-27-9-7-5-4-6-8-26-21-13-17-10-18(14-23)12-19(11-17)15-24/h10-15H,3-9H2,1-2H3. The molecule has 1 aromatic rings. The van der Waals surface area contributed by atoms with Crippen molar-refractivity contribution in [2.75, 3.05) is 13.2 Å². The lowest BCUT2D eigenvalue weighted by Crippen LogP contribution is -2.08. The Labute approximate surface area is 159 Å². The van der Waals surface area contributed by atoms with Gasteiger partial charge in [0.25, 0.3) is 0 Å². The lowest BCUT2D eigenvalue weighted by molar-refractivity contribution is -0.112. The number of carbonyl (C=O) groups excluding carboxylic acids is 3. The lowest BCUT2D eigenvalue weighted by Gasteiger charge is -2.02. The Morgan fingerprint density at radius 3 is 2.04 bits per heavy atom. The van der Waals surface area contributed by atoms with Crippen LogP contribution in [0.5, 0.6) is 0 Å². The van der Waals surface area contributed by atoms with Crippen molar-refractivity contribution in [1.29, 1.82) is 0 Å². The van der Waals surface area contributed by atoms with Crippen LogP contribution < -0.4 is 0 Å². The third-order valence-corrected chi connectivity index (χ3v) is 3.70. The van der Waals surface area contributed by atoms with E-state index in [1.807, 2.05) is 0 Å². The highest BCUT2D eigenvalue weighted by Crippen LogP contribution is 2.06. The molecular weight excluding hydrogens is 348 g/mol. The summed E-state index contributed by atoms with van der Waals surface area (Å²) in [7, 11) is 0. The molecule has 0 amide bonds. The second-order valence-corrected chi connectivity index (χ2v) is 5.94. The van der Waals surface area contributed by atoms with E-state index in [9.17, 15) is 14.4 Å². The molecule has 1 aromatic carbocycles. The van der Waals surface area contributed by atoms with Crippen molar-refractivity contribution in [2.45, 2.75) is 46.0 Å². The van der Waals surface area contributed by atoms with E-state index < -0.39 is 0 Å².